The van der Waals surface area contributed by atoms with E-state index < -0.39 is 11.5 Å². The predicted molar refractivity (Wildman–Crippen MR) is 104 cm³/mol. The Hall–Kier alpha value is -1.64. The lowest BCUT2D eigenvalue weighted by Crippen LogP contribution is -2.59. The summed E-state index contributed by atoms with van der Waals surface area (Å²) < 4.78 is 0. The summed E-state index contributed by atoms with van der Waals surface area (Å²) in [6.45, 7) is 0. The number of hydrogen-bond acceptors (Lipinski definition) is 4. The van der Waals surface area contributed by atoms with E-state index in [1.807, 2.05) is 12.3 Å². The minimum Gasteiger partial charge on any atom is -0.412 e. The van der Waals surface area contributed by atoms with Crippen molar-refractivity contribution in [2.75, 3.05) is 5.32 Å². The number of rotatable bonds is 3. The number of H-pyrrole nitrogens is 1. The van der Waals surface area contributed by atoms with Gasteiger partial charge in [0.2, 0.25) is 0 Å². The van der Waals surface area contributed by atoms with Crippen molar-refractivity contribution in [3.63, 3.8) is 0 Å². The van der Waals surface area contributed by atoms with Gasteiger partial charge in [0, 0.05) is 23.8 Å². The number of primary amides is 1. The molecule has 2 aromatic heterocycles. The van der Waals surface area contributed by atoms with Crippen LogP contribution in [0.2, 0.25) is 0 Å². The fraction of sp³-hybridized carbons (Fsp3) is 0.556. The van der Waals surface area contributed by atoms with E-state index in [1.54, 1.807) is 6.20 Å². The largest absolute Gasteiger partial charge is 0.412 e. The van der Waals surface area contributed by atoms with E-state index >= 15 is 0 Å². The van der Waals surface area contributed by atoms with Crippen molar-refractivity contribution in [1.29, 1.82) is 0 Å². The Kier molecular flexibility index (Phi) is 4.79. The van der Waals surface area contributed by atoms with Gasteiger partial charge >= 0.3 is 0 Å². The lowest BCUT2D eigenvalue weighted by atomic mass is 9.52. The molecule has 0 aliphatic heterocycles. The third-order valence-corrected chi connectivity index (χ3v) is 6.40. The van der Waals surface area contributed by atoms with Crippen LogP contribution in [0.25, 0.3) is 11.0 Å². The van der Waals surface area contributed by atoms with Crippen molar-refractivity contribution in [1.82, 2.24) is 9.97 Å². The summed E-state index contributed by atoms with van der Waals surface area (Å²) in [5.74, 6) is 1.12. The van der Waals surface area contributed by atoms with Crippen LogP contribution in [0.4, 0.5) is 5.69 Å². The van der Waals surface area contributed by atoms with E-state index in [4.69, 9.17) is 5.73 Å². The topological polar surface area (TPSA) is 136 Å². The summed E-state index contributed by atoms with van der Waals surface area (Å²) in [6, 6.07) is 2.22. The number of aromatic nitrogens is 2. The predicted octanol–water partition coefficient (Wildman–Crippen LogP) is 1.77. The fourth-order valence-electron chi connectivity index (χ4n) is 5.73. The summed E-state index contributed by atoms with van der Waals surface area (Å²) in [4.78, 5) is 19.3. The number of halogens is 1. The molecule has 6 rings (SSSR count). The standard InChI is InChI=1S/C18H22N4O2.BrH.H2O/c19-16(23)13-8-21-17-12(1-2-20-17)15(13)22-14-10-3-9-4-11(14)7-18(24,5-9)6-10;;/h1-2,8-11,14,24H,3-7H2,(H2,19,23)(H2,20,21,22);1H;1H2/t9-,10-,11+,14-,18-;;. The first-order valence-electron chi connectivity index (χ1n) is 8.77. The molecule has 0 aromatic carbocycles. The molecule has 142 valence electrons. The SMILES string of the molecule is Br.NC(=O)c1cnc2[nH]ccc2c1N[C@@H]1[C@@H]2C[C@@H]3C[C@H]1C[C@@](O)(C3)C2.O. The van der Waals surface area contributed by atoms with Gasteiger partial charge in [-0.05, 0) is 55.9 Å². The van der Waals surface area contributed by atoms with E-state index in [1.165, 1.54) is 12.8 Å². The summed E-state index contributed by atoms with van der Waals surface area (Å²) in [7, 11) is 0. The number of pyridine rings is 1. The molecule has 4 saturated carbocycles. The van der Waals surface area contributed by atoms with Gasteiger partial charge in [-0.3, -0.25) is 4.79 Å². The van der Waals surface area contributed by atoms with Gasteiger partial charge in [-0.15, -0.1) is 17.0 Å². The third-order valence-electron chi connectivity index (χ3n) is 6.40. The molecule has 0 radical (unpaired) electrons. The van der Waals surface area contributed by atoms with Crippen LogP contribution in [0.1, 0.15) is 42.5 Å². The summed E-state index contributed by atoms with van der Waals surface area (Å²) >= 11 is 0. The van der Waals surface area contributed by atoms with Crippen molar-refractivity contribution in [2.24, 2.45) is 23.5 Å². The van der Waals surface area contributed by atoms with Crippen LogP contribution in [0.15, 0.2) is 18.5 Å². The Morgan fingerprint density at radius 2 is 2.00 bits per heavy atom. The smallest absolute Gasteiger partial charge is 0.252 e. The monoisotopic (exact) mass is 424 g/mol. The molecule has 7 nitrogen and oxygen atoms in total. The number of fused-ring (bicyclic) bond motifs is 1. The van der Waals surface area contributed by atoms with Gasteiger partial charge in [-0.1, -0.05) is 0 Å². The van der Waals surface area contributed by atoms with Crippen LogP contribution < -0.4 is 11.1 Å². The number of aromatic amines is 1. The average Bonchev–Trinajstić information content (AvgIpc) is 2.97. The zero-order chi connectivity index (χ0) is 16.5. The van der Waals surface area contributed by atoms with Crippen LogP contribution in [-0.4, -0.2) is 38.1 Å². The third kappa shape index (κ3) is 2.80. The highest BCUT2D eigenvalue weighted by Crippen LogP contribution is 2.56. The molecule has 5 atom stereocenters. The number of anilines is 1. The molecule has 2 aromatic rings. The maximum Gasteiger partial charge on any atom is 0.252 e. The highest BCUT2D eigenvalue weighted by atomic mass is 79.9. The molecule has 4 aliphatic carbocycles. The lowest BCUT2D eigenvalue weighted by molar-refractivity contribution is -0.129. The normalized spacial score (nSPS) is 34.2. The van der Waals surface area contributed by atoms with E-state index in [0.29, 0.717) is 29.4 Å². The molecule has 7 N–H and O–H groups in total. The van der Waals surface area contributed by atoms with Crippen LogP contribution in [-0.2, 0) is 0 Å². The molecule has 0 saturated heterocycles. The molecule has 4 aliphatic rings. The number of carbonyl (C=O) groups excluding carboxylic acids is 1. The molecular weight excluding hydrogens is 400 g/mol. The highest BCUT2D eigenvalue weighted by Gasteiger charge is 2.54. The zero-order valence-electron chi connectivity index (χ0n) is 14.4. The summed E-state index contributed by atoms with van der Waals surface area (Å²) in [6.07, 6.45) is 8.42. The van der Waals surface area contributed by atoms with Gasteiger partial charge in [-0.2, -0.15) is 0 Å². The molecule has 8 heteroatoms. The van der Waals surface area contributed by atoms with Gasteiger partial charge in [0.15, 0.2) is 0 Å². The fourth-order valence-corrected chi connectivity index (χ4v) is 5.73. The number of hydrogen-bond donors (Lipinski definition) is 4. The Bertz CT molecular complexity index is 823. The molecule has 0 unspecified atom stereocenters. The first kappa shape index (κ1) is 19.1. The Morgan fingerprint density at radius 3 is 2.62 bits per heavy atom. The molecule has 4 fully saturated rings. The second kappa shape index (κ2) is 6.51. The van der Waals surface area contributed by atoms with Gasteiger partial charge in [0.1, 0.15) is 5.65 Å². The number of nitrogens with zero attached hydrogens (tertiary/aromatic N) is 1. The second-order valence-electron chi connectivity index (χ2n) is 8.02. The Balaban J connectivity index is 0.000000980. The average molecular weight is 425 g/mol. The van der Waals surface area contributed by atoms with Crippen molar-refractivity contribution in [3.8, 4) is 0 Å². The van der Waals surface area contributed by atoms with Gasteiger partial charge < -0.3 is 26.6 Å². The first-order valence-corrected chi connectivity index (χ1v) is 8.77. The Labute approximate surface area is 161 Å². The van der Waals surface area contributed by atoms with Crippen LogP contribution in [0.5, 0.6) is 0 Å². The molecule has 4 bridgehead atoms. The van der Waals surface area contributed by atoms with E-state index in [-0.39, 0.29) is 22.5 Å². The lowest BCUT2D eigenvalue weighted by Gasteiger charge is -2.58. The highest BCUT2D eigenvalue weighted by molar-refractivity contribution is 8.93. The molecule has 0 spiro atoms. The molecule has 26 heavy (non-hydrogen) atoms. The number of amides is 1. The second-order valence-corrected chi connectivity index (χ2v) is 8.02. The first-order chi connectivity index (χ1) is 11.5. The molecular formula is C18H25BrN4O3. The summed E-state index contributed by atoms with van der Waals surface area (Å²) in [5.41, 5.74) is 7.10. The number of aliphatic hydroxyl groups is 1. The minimum atomic E-state index is -0.462. The maximum atomic E-state index is 11.9. The van der Waals surface area contributed by atoms with Crippen molar-refractivity contribution < 1.29 is 15.4 Å². The van der Waals surface area contributed by atoms with Crippen molar-refractivity contribution in [2.45, 2.75) is 43.7 Å². The molecule has 1 amide bonds. The maximum absolute atomic E-state index is 11.9. The minimum absolute atomic E-state index is 0. The van der Waals surface area contributed by atoms with Crippen LogP contribution >= 0.6 is 17.0 Å². The van der Waals surface area contributed by atoms with E-state index in [9.17, 15) is 9.90 Å². The van der Waals surface area contributed by atoms with Gasteiger partial charge in [-0.25, -0.2) is 4.98 Å². The van der Waals surface area contributed by atoms with Crippen LogP contribution in [0.3, 0.4) is 0 Å². The molecule has 2 heterocycles. The Morgan fingerprint density at radius 1 is 1.31 bits per heavy atom. The quantitative estimate of drug-likeness (QED) is 0.596. The number of nitrogens with two attached hydrogens (primary N) is 1. The van der Waals surface area contributed by atoms with E-state index in [2.05, 4.69) is 15.3 Å². The van der Waals surface area contributed by atoms with Gasteiger partial charge in [0.25, 0.3) is 5.91 Å². The summed E-state index contributed by atoms with van der Waals surface area (Å²) in [5, 5.41) is 15.3. The van der Waals surface area contributed by atoms with Crippen molar-refractivity contribution >= 4 is 39.6 Å². The van der Waals surface area contributed by atoms with E-state index in [0.717, 1.165) is 36.0 Å². The van der Waals surface area contributed by atoms with Crippen molar-refractivity contribution in [3.05, 3.63) is 24.0 Å². The zero-order valence-corrected chi connectivity index (χ0v) is 16.1. The van der Waals surface area contributed by atoms with Crippen LogP contribution in [0, 0.1) is 17.8 Å². The number of nitrogens with one attached hydrogen (secondary N) is 2. The van der Waals surface area contributed by atoms with Gasteiger partial charge in [0.05, 0.1) is 16.9 Å². The number of carbonyl (C=O) groups is 1.